The largest absolute Gasteiger partial charge is 0.417 e. The minimum absolute atomic E-state index is 0.245. The van der Waals surface area contributed by atoms with E-state index in [1.54, 1.807) is 0 Å². The van der Waals surface area contributed by atoms with E-state index in [1.807, 2.05) is 0 Å². The standard InChI is InChI=1S/C10H14ClF3O/c11-8-4-2-1-3-7(8)9(15,6-5-8)10(12,13)14/h7,15H,1-6H2/t7-,8+,9-/m0/s1. The average molecular weight is 243 g/mol. The Morgan fingerprint density at radius 3 is 2.40 bits per heavy atom. The van der Waals surface area contributed by atoms with Gasteiger partial charge >= 0.3 is 6.18 Å². The summed E-state index contributed by atoms with van der Waals surface area (Å²) in [5, 5.41) is 9.78. The molecule has 0 spiro atoms. The molecular formula is C10H14ClF3O. The van der Waals surface area contributed by atoms with E-state index < -0.39 is 22.6 Å². The molecule has 0 aromatic rings. The van der Waals surface area contributed by atoms with Gasteiger partial charge in [-0.2, -0.15) is 13.2 Å². The smallest absolute Gasteiger partial charge is 0.380 e. The third-order valence-corrected chi connectivity index (χ3v) is 4.59. The molecule has 88 valence electrons. The first-order chi connectivity index (χ1) is 6.80. The summed E-state index contributed by atoms with van der Waals surface area (Å²) in [6.07, 6.45) is -1.94. The summed E-state index contributed by atoms with van der Waals surface area (Å²) in [5.41, 5.74) is -2.55. The molecule has 2 aliphatic rings. The van der Waals surface area contributed by atoms with Gasteiger partial charge in [-0.15, -0.1) is 11.6 Å². The zero-order valence-corrected chi connectivity index (χ0v) is 9.03. The van der Waals surface area contributed by atoms with Gasteiger partial charge < -0.3 is 5.11 Å². The Balaban J connectivity index is 2.31. The Morgan fingerprint density at radius 2 is 1.80 bits per heavy atom. The molecule has 1 nitrogen and oxygen atoms in total. The highest BCUT2D eigenvalue weighted by Gasteiger charge is 2.67. The Kier molecular flexibility index (Phi) is 2.51. The second-order valence-corrected chi connectivity index (χ2v) is 5.51. The van der Waals surface area contributed by atoms with E-state index >= 15 is 0 Å². The van der Waals surface area contributed by atoms with Crippen molar-refractivity contribution in [2.75, 3.05) is 0 Å². The monoisotopic (exact) mass is 242 g/mol. The predicted molar refractivity (Wildman–Crippen MR) is 50.8 cm³/mol. The van der Waals surface area contributed by atoms with Crippen molar-refractivity contribution in [2.24, 2.45) is 5.92 Å². The summed E-state index contributed by atoms with van der Waals surface area (Å²) < 4.78 is 38.3. The molecule has 5 heteroatoms. The first kappa shape index (κ1) is 11.5. The van der Waals surface area contributed by atoms with E-state index in [-0.39, 0.29) is 12.8 Å². The molecule has 0 radical (unpaired) electrons. The molecular weight excluding hydrogens is 229 g/mol. The lowest BCUT2D eigenvalue weighted by atomic mass is 9.75. The first-order valence-electron chi connectivity index (χ1n) is 5.28. The van der Waals surface area contributed by atoms with Crippen molar-refractivity contribution >= 4 is 11.6 Å². The lowest BCUT2D eigenvalue weighted by Gasteiger charge is -2.40. The van der Waals surface area contributed by atoms with Crippen LogP contribution in [0, 0.1) is 5.92 Å². The van der Waals surface area contributed by atoms with Crippen molar-refractivity contribution in [2.45, 2.75) is 55.2 Å². The summed E-state index contributed by atoms with van der Waals surface area (Å²) >= 11 is 6.20. The molecule has 0 aromatic carbocycles. The predicted octanol–water partition coefficient (Wildman–Crippen LogP) is 3.24. The summed E-state index contributed by atoms with van der Waals surface area (Å²) in [6, 6.07) is 0. The minimum Gasteiger partial charge on any atom is -0.380 e. The molecule has 0 bridgehead atoms. The van der Waals surface area contributed by atoms with Crippen LogP contribution in [0.1, 0.15) is 38.5 Å². The molecule has 0 saturated heterocycles. The fraction of sp³-hybridized carbons (Fsp3) is 1.00. The van der Waals surface area contributed by atoms with Crippen molar-refractivity contribution in [3.63, 3.8) is 0 Å². The molecule has 0 amide bonds. The summed E-state index contributed by atoms with van der Waals surface area (Å²) in [7, 11) is 0. The van der Waals surface area contributed by atoms with Gasteiger partial charge in [-0.3, -0.25) is 0 Å². The van der Waals surface area contributed by atoms with Gasteiger partial charge in [0.2, 0.25) is 0 Å². The van der Waals surface area contributed by atoms with Crippen LogP contribution in [0.5, 0.6) is 0 Å². The zero-order valence-electron chi connectivity index (χ0n) is 8.28. The number of hydrogen-bond acceptors (Lipinski definition) is 1. The van der Waals surface area contributed by atoms with Crippen LogP contribution in [0.2, 0.25) is 0 Å². The van der Waals surface area contributed by atoms with Crippen molar-refractivity contribution < 1.29 is 18.3 Å². The lowest BCUT2D eigenvalue weighted by Crippen LogP contribution is -2.52. The van der Waals surface area contributed by atoms with E-state index in [2.05, 4.69) is 0 Å². The maximum atomic E-state index is 12.8. The highest BCUT2D eigenvalue weighted by atomic mass is 35.5. The Morgan fingerprint density at radius 1 is 1.13 bits per heavy atom. The highest BCUT2D eigenvalue weighted by molar-refractivity contribution is 6.24. The van der Waals surface area contributed by atoms with Crippen LogP contribution < -0.4 is 0 Å². The number of hydrogen-bond donors (Lipinski definition) is 1. The number of fused-ring (bicyclic) bond motifs is 1. The molecule has 0 aliphatic heterocycles. The van der Waals surface area contributed by atoms with Crippen LogP contribution in [0.4, 0.5) is 13.2 Å². The van der Waals surface area contributed by atoms with E-state index in [9.17, 15) is 18.3 Å². The lowest BCUT2D eigenvalue weighted by molar-refractivity contribution is -0.275. The maximum Gasteiger partial charge on any atom is 0.417 e. The van der Waals surface area contributed by atoms with Gasteiger partial charge in [0.25, 0.3) is 0 Å². The fourth-order valence-corrected chi connectivity index (χ4v) is 3.60. The quantitative estimate of drug-likeness (QED) is 0.647. The molecule has 0 aromatic heterocycles. The summed E-state index contributed by atoms with van der Waals surface area (Å²) in [5.74, 6) is -0.819. The van der Waals surface area contributed by atoms with Gasteiger partial charge in [-0.1, -0.05) is 12.8 Å². The van der Waals surface area contributed by atoms with Crippen molar-refractivity contribution in [3.05, 3.63) is 0 Å². The van der Waals surface area contributed by atoms with Crippen LogP contribution >= 0.6 is 11.6 Å². The number of halogens is 4. The van der Waals surface area contributed by atoms with Gasteiger partial charge in [0.1, 0.15) is 0 Å². The van der Waals surface area contributed by atoms with Crippen molar-refractivity contribution in [3.8, 4) is 0 Å². The molecule has 1 N–H and O–H groups in total. The van der Waals surface area contributed by atoms with E-state index in [1.165, 1.54) is 0 Å². The van der Waals surface area contributed by atoms with Crippen molar-refractivity contribution in [1.82, 2.24) is 0 Å². The number of alkyl halides is 4. The normalized spacial score (nSPS) is 46.6. The minimum atomic E-state index is -4.55. The van der Waals surface area contributed by atoms with Gasteiger partial charge in [0.15, 0.2) is 5.60 Å². The fourth-order valence-electron chi connectivity index (χ4n) is 3.08. The Hall–Kier alpha value is 0.0400. The molecule has 2 fully saturated rings. The van der Waals surface area contributed by atoms with Gasteiger partial charge in [-0.25, -0.2) is 0 Å². The summed E-state index contributed by atoms with van der Waals surface area (Å²) in [4.78, 5) is -0.817. The second-order valence-electron chi connectivity index (χ2n) is 4.76. The summed E-state index contributed by atoms with van der Waals surface area (Å²) in [6.45, 7) is 0. The van der Waals surface area contributed by atoms with Gasteiger partial charge in [-0.05, 0) is 25.7 Å². The number of rotatable bonds is 0. The van der Waals surface area contributed by atoms with Crippen LogP contribution in [-0.4, -0.2) is 21.8 Å². The van der Waals surface area contributed by atoms with Crippen LogP contribution in [0.3, 0.4) is 0 Å². The third-order valence-electron chi connectivity index (χ3n) is 3.95. The molecule has 0 unspecified atom stereocenters. The Bertz CT molecular complexity index is 268. The van der Waals surface area contributed by atoms with Crippen LogP contribution in [-0.2, 0) is 0 Å². The third kappa shape index (κ3) is 1.57. The Labute approximate surface area is 91.6 Å². The van der Waals surface area contributed by atoms with Crippen LogP contribution in [0.15, 0.2) is 0 Å². The molecule has 2 rings (SSSR count). The van der Waals surface area contributed by atoms with E-state index in [0.717, 1.165) is 12.8 Å². The highest BCUT2D eigenvalue weighted by Crippen LogP contribution is 2.59. The molecule has 3 atom stereocenters. The van der Waals surface area contributed by atoms with Crippen molar-refractivity contribution in [1.29, 1.82) is 0 Å². The SMILES string of the molecule is O[C@@]1(C(F)(F)F)CC[C@]2(Cl)CCCC[C@@H]21. The second kappa shape index (κ2) is 3.27. The average Bonchev–Trinajstić information content (AvgIpc) is 2.40. The van der Waals surface area contributed by atoms with Gasteiger partial charge in [0.05, 0.1) is 4.87 Å². The van der Waals surface area contributed by atoms with Crippen LogP contribution in [0.25, 0.3) is 0 Å². The maximum absolute atomic E-state index is 12.8. The zero-order chi connectivity index (χ0) is 11.3. The topological polar surface area (TPSA) is 20.2 Å². The molecule has 0 heterocycles. The van der Waals surface area contributed by atoms with Gasteiger partial charge in [0, 0.05) is 5.92 Å². The van der Waals surface area contributed by atoms with E-state index in [4.69, 9.17) is 11.6 Å². The first-order valence-corrected chi connectivity index (χ1v) is 5.65. The van der Waals surface area contributed by atoms with E-state index in [0.29, 0.717) is 12.8 Å². The molecule has 2 saturated carbocycles. The number of aliphatic hydroxyl groups is 1. The molecule has 2 aliphatic carbocycles. The molecule has 15 heavy (non-hydrogen) atoms.